The zero-order valence-electron chi connectivity index (χ0n) is 11.8. The summed E-state index contributed by atoms with van der Waals surface area (Å²) in [5.41, 5.74) is 7.70. The van der Waals surface area contributed by atoms with Crippen LogP contribution in [0.4, 0.5) is 10.5 Å². The van der Waals surface area contributed by atoms with Crippen LogP contribution in [-0.2, 0) is 0 Å². The number of amides is 1. The summed E-state index contributed by atoms with van der Waals surface area (Å²) in [4.78, 5) is 18.2. The van der Waals surface area contributed by atoms with Crippen molar-refractivity contribution in [3.63, 3.8) is 0 Å². The van der Waals surface area contributed by atoms with Crippen LogP contribution in [0.3, 0.4) is 0 Å². The highest BCUT2D eigenvalue weighted by Crippen LogP contribution is 2.26. The van der Waals surface area contributed by atoms with E-state index in [0.29, 0.717) is 28.2 Å². The van der Waals surface area contributed by atoms with Crippen molar-refractivity contribution in [1.29, 1.82) is 0 Å². The molecule has 0 bridgehead atoms. The van der Waals surface area contributed by atoms with Crippen molar-refractivity contribution < 1.29 is 14.3 Å². The van der Waals surface area contributed by atoms with Crippen LogP contribution >= 0.6 is 0 Å². The highest BCUT2D eigenvalue weighted by molar-refractivity contribution is 5.78. The van der Waals surface area contributed by atoms with Gasteiger partial charge in [0.25, 0.3) is 0 Å². The second kappa shape index (κ2) is 5.65. The number of imidazole rings is 1. The second-order valence-electron chi connectivity index (χ2n) is 4.53. The molecule has 1 heterocycles. The Bertz CT molecular complexity index is 829. The number of benzene rings is 2. The molecule has 0 aliphatic heterocycles. The summed E-state index contributed by atoms with van der Waals surface area (Å²) in [5.74, 6) is 1.26. The minimum atomic E-state index is -0.588. The Kier molecular flexibility index (Phi) is 3.53. The molecule has 0 unspecified atom stereocenters. The molecular formula is C15H14N4O3. The molecule has 7 nitrogen and oxygen atoms in total. The monoisotopic (exact) mass is 298 g/mol. The van der Waals surface area contributed by atoms with Crippen molar-refractivity contribution in [2.45, 2.75) is 0 Å². The SMILES string of the molecule is CNC(=O)Oc1nc2ccc(Oc3cccc(N)c3)cc2[nH]1. The van der Waals surface area contributed by atoms with Crippen molar-refractivity contribution >= 4 is 22.8 Å². The maximum Gasteiger partial charge on any atom is 0.414 e. The number of nitrogens with one attached hydrogen (secondary N) is 2. The van der Waals surface area contributed by atoms with Crippen LogP contribution in [0, 0.1) is 0 Å². The zero-order valence-corrected chi connectivity index (χ0v) is 11.8. The van der Waals surface area contributed by atoms with Gasteiger partial charge in [0.1, 0.15) is 11.5 Å². The number of hydrogen-bond donors (Lipinski definition) is 3. The molecule has 7 heteroatoms. The predicted octanol–water partition coefficient (Wildman–Crippen LogP) is 2.66. The molecule has 3 aromatic rings. The van der Waals surface area contributed by atoms with Crippen LogP contribution < -0.4 is 20.5 Å². The topological polar surface area (TPSA) is 102 Å². The van der Waals surface area contributed by atoms with Gasteiger partial charge >= 0.3 is 12.1 Å². The lowest BCUT2D eigenvalue weighted by atomic mass is 10.3. The molecule has 0 aliphatic carbocycles. The Morgan fingerprint density at radius 3 is 2.82 bits per heavy atom. The molecule has 0 saturated carbocycles. The lowest BCUT2D eigenvalue weighted by Gasteiger charge is -2.05. The smallest absolute Gasteiger partial charge is 0.414 e. The summed E-state index contributed by atoms with van der Waals surface area (Å²) in [5, 5.41) is 2.35. The van der Waals surface area contributed by atoms with E-state index < -0.39 is 6.09 Å². The van der Waals surface area contributed by atoms with Gasteiger partial charge in [-0.25, -0.2) is 4.79 Å². The number of aromatic amines is 1. The maximum absolute atomic E-state index is 11.2. The largest absolute Gasteiger partial charge is 0.457 e. The standard InChI is InChI=1S/C15H14N4O3/c1-17-15(20)22-14-18-12-6-5-11(8-13(12)19-14)21-10-4-2-3-9(16)7-10/h2-8H,16H2,1H3,(H,17,20)(H,18,19). The molecule has 1 amide bonds. The summed E-state index contributed by atoms with van der Waals surface area (Å²) in [7, 11) is 1.47. The fourth-order valence-corrected chi connectivity index (χ4v) is 1.93. The molecule has 4 N–H and O–H groups in total. The molecule has 3 rings (SSSR count). The van der Waals surface area contributed by atoms with Gasteiger partial charge in [-0.2, -0.15) is 4.98 Å². The number of nitrogens with two attached hydrogens (primary N) is 1. The first-order valence-electron chi connectivity index (χ1n) is 6.57. The number of H-pyrrole nitrogens is 1. The van der Waals surface area contributed by atoms with Crippen molar-refractivity contribution in [3.05, 3.63) is 42.5 Å². The number of carbonyl (C=O) groups excluding carboxylic acids is 1. The van der Waals surface area contributed by atoms with E-state index in [1.54, 1.807) is 30.3 Å². The van der Waals surface area contributed by atoms with E-state index in [-0.39, 0.29) is 6.01 Å². The average molecular weight is 298 g/mol. The number of nitrogen functional groups attached to an aromatic ring is 1. The van der Waals surface area contributed by atoms with Crippen LogP contribution in [0.5, 0.6) is 17.5 Å². The van der Waals surface area contributed by atoms with Crippen LogP contribution in [0.2, 0.25) is 0 Å². The zero-order chi connectivity index (χ0) is 15.5. The molecule has 22 heavy (non-hydrogen) atoms. The Labute approximate surface area is 126 Å². The van der Waals surface area contributed by atoms with Crippen LogP contribution in [0.25, 0.3) is 11.0 Å². The third-order valence-electron chi connectivity index (χ3n) is 2.92. The lowest BCUT2D eigenvalue weighted by Crippen LogP contribution is -2.22. The fraction of sp³-hybridized carbons (Fsp3) is 0.0667. The number of hydrogen-bond acceptors (Lipinski definition) is 5. The van der Waals surface area contributed by atoms with Crippen molar-refractivity contribution in [1.82, 2.24) is 15.3 Å². The van der Waals surface area contributed by atoms with E-state index in [2.05, 4.69) is 15.3 Å². The third-order valence-corrected chi connectivity index (χ3v) is 2.92. The van der Waals surface area contributed by atoms with E-state index in [1.807, 2.05) is 12.1 Å². The van der Waals surface area contributed by atoms with E-state index in [1.165, 1.54) is 7.05 Å². The summed E-state index contributed by atoms with van der Waals surface area (Å²) in [6.45, 7) is 0. The van der Waals surface area contributed by atoms with E-state index in [9.17, 15) is 4.79 Å². The summed E-state index contributed by atoms with van der Waals surface area (Å²) >= 11 is 0. The second-order valence-corrected chi connectivity index (χ2v) is 4.53. The molecule has 0 aliphatic rings. The summed E-state index contributed by atoms with van der Waals surface area (Å²) in [6, 6.07) is 12.6. The van der Waals surface area contributed by atoms with Crippen LogP contribution in [0.15, 0.2) is 42.5 Å². The van der Waals surface area contributed by atoms with Gasteiger partial charge in [0.05, 0.1) is 11.0 Å². The number of rotatable bonds is 3. The number of nitrogens with zero attached hydrogens (tertiary/aromatic N) is 1. The van der Waals surface area contributed by atoms with E-state index >= 15 is 0 Å². The molecule has 112 valence electrons. The minimum absolute atomic E-state index is 0.121. The van der Waals surface area contributed by atoms with E-state index in [0.717, 1.165) is 0 Å². The molecule has 0 radical (unpaired) electrons. The van der Waals surface area contributed by atoms with Gasteiger partial charge in [-0.1, -0.05) is 6.07 Å². The lowest BCUT2D eigenvalue weighted by molar-refractivity contribution is 0.199. The van der Waals surface area contributed by atoms with Crippen LogP contribution in [-0.4, -0.2) is 23.1 Å². The average Bonchev–Trinajstić information content (AvgIpc) is 2.88. The fourth-order valence-electron chi connectivity index (χ4n) is 1.93. The van der Waals surface area contributed by atoms with Gasteiger partial charge in [-0.15, -0.1) is 0 Å². The highest BCUT2D eigenvalue weighted by Gasteiger charge is 2.09. The Hall–Kier alpha value is -3.22. The summed E-state index contributed by atoms with van der Waals surface area (Å²) in [6.07, 6.45) is -0.588. The molecule has 0 spiro atoms. The number of aromatic nitrogens is 2. The summed E-state index contributed by atoms with van der Waals surface area (Å²) < 4.78 is 10.7. The molecule has 2 aromatic carbocycles. The first kappa shape index (κ1) is 13.7. The first-order chi connectivity index (χ1) is 10.6. The molecule has 0 atom stereocenters. The van der Waals surface area contributed by atoms with Gasteiger partial charge < -0.3 is 25.5 Å². The third kappa shape index (κ3) is 2.93. The number of ether oxygens (including phenoxy) is 2. The van der Waals surface area contributed by atoms with E-state index in [4.69, 9.17) is 15.2 Å². The van der Waals surface area contributed by atoms with Crippen LogP contribution in [0.1, 0.15) is 0 Å². The molecular weight excluding hydrogens is 284 g/mol. The normalized spacial score (nSPS) is 10.4. The van der Waals surface area contributed by atoms with Gasteiger partial charge in [0.15, 0.2) is 0 Å². The number of anilines is 1. The van der Waals surface area contributed by atoms with Gasteiger partial charge in [0.2, 0.25) is 0 Å². The van der Waals surface area contributed by atoms with Crippen molar-refractivity contribution in [2.24, 2.45) is 0 Å². The number of fused-ring (bicyclic) bond motifs is 1. The Morgan fingerprint density at radius 1 is 1.23 bits per heavy atom. The molecule has 0 saturated heterocycles. The first-order valence-corrected chi connectivity index (χ1v) is 6.57. The van der Waals surface area contributed by atoms with Crippen molar-refractivity contribution in [2.75, 3.05) is 12.8 Å². The minimum Gasteiger partial charge on any atom is -0.457 e. The Balaban J connectivity index is 1.84. The highest BCUT2D eigenvalue weighted by atomic mass is 16.6. The quantitative estimate of drug-likeness (QED) is 0.645. The van der Waals surface area contributed by atoms with Crippen molar-refractivity contribution in [3.8, 4) is 17.5 Å². The van der Waals surface area contributed by atoms with Gasteiger partial charge in [-0.05, 0) is 24.3 Å². The predicted molar refractivity (Wildman–Crippen MR) is 82.1 cm³/mol. The molecule has 1 aromatic heterocycles. The number of carbonyl (C=O) groups is 1. The molecule has 0 fully saturated rings. The Morgan fingerprint density at radius 2 is 2.05 bits per heavy atom. The van der Waals surface area contributed by atoms with Gasteiger partial charge in [0, 0.05) is 24.9 Å². The maximum atomic E-state index is 11.2. The van der Waals surface area contributed by atoms with Gasteiger partial charge in [-0.3, -0.25) is 0 Å².